The van der Waals surface area contributed by atoms with E-state index in [1.807, 2.05) is 24.4 Å². The van der Waals surface area contributed by atoms with Gasteiger partial charge in [0.1, 0.15) is 12.1 Å². The first-order valence-corrected chi connectivity index (χ1v) is 9.87. The van der Waals surface area contributed by atoms with E-state index in [1.165, 1.54) is 11.3 Å². The molecular weight excluding hydrogens is 394 g/mol. The largest absolute Gasteiger partial charge is 0.454 e. The van der Waals surface area contributed by atoms with E-state index in [4.69, 9.17) is 4.74 Å². The highest BCUT2D eigenvalue weighted by molar-refractivity contribution is 7.10. The maximum absolute atomic E-state index is 12.7. The summed E-state index contributed by atoms with van der Waals surface area (Å²) in [6, 6.07) is 11.6. The smallest absolute Gasteiger partial charge is 0.326 e. The molecule has 0 spiro atoms. The SMILES string of the molecule is C[C@@H](NC(=O)COC(=O)CN1C(=O)N[C@](C)(c2ccccc2)C1=O)c1cccs1. The lowest BCUT2D eigenvalue weighted by Crippen LogP contribution is -2.42. The third-order valence-corrected chi connectivity index (χ3v) is 5.68. The van der Waals surface area contributed by atoms with Gasteiger partial charge in [-0.25, -0.2) is 4.79 Å². The van der Waals surface area contributed by atoms with Gasteiger partial charge in [-0.2, -0.15) is 0 Å². The molecule has 2 N–H and O–H groups in total. The zero-order valence-corrected chi connectivity index (χ0v) is 16.8. The molecule has 29 heavy (non-hydrogen) atoms. The van der Waals surface area contributed by atoms with Gasteiger partial charge in [0.15, 0.2) is 6.61 Å². The van der Waals surface area contributed by atoms with E-state index in [9.17, 15) is 19.2 Å². The predicted octanol–water partition coefficient (Wildman–Crippen LogP) is 1.94. The first-order valence-electron chi connectivity index (χ1n) is 8.99. The van der Waals surface area contributed by atoms with E-state index >= 15 is 0 Å². The van der Waals surface area contributed by atoms with Gasteiger partial charge >= 0.3 is 12.0 Å². The number of rotatable bonds is 7. The van der Waals surface area contributed by atoms with Crippen LogP contribution in [0.15, 0.2) is 47.8 Å². The number of ether oxygens (including phenoxy) is 1. The van der Waals surface area contributed by atoms with Crippen LogP contribution in [0.3, 0.4) is 0 Å². The van der Waals surface area contributed by atoms with Crippen molar-refractivity contribution in [3.8, 4) is 0 Å². The molecule has 1 aliphatic heterocycles. The summed E-state index contributed by atoms with van der Waals surface area (Å²) < 4.78 is 4.93. The number of benzene rings is 1. The molecule has 8 nitrogen and oxygen atoms in total. The van der Waals surface area contributed by atoms with Crippen LogP contribution in [0.4, 0.5) is 4.79 Å². The van der Waals surface area contributed by atoms with Gasteiger partial charge in [0.05, 0.1) is 6.04 Å². The van der Waals surface area contributed by atoms with Gasteiger partial charge in [-0.05, 0) is 30.9 Å². The Bertz CT molecular complexity index is 915. The number of imide groups is 1. The van der Waals surface area contributed by atoms with Gasteiger partial charge in [-0.15, -0.1) is 11.3 Å². The van der Waals surface area contributed by atoms with Crippen LogP contribution < -0.4 is 10.6 Å². The monoisotopic (exact) mass is 415 g/mol. The lowest BCUT2D eigenvalue weighted by atomic mass is 9.92. The number of esters is 1. The summed E-state index contributed by atoms with van der Waals surface area (Å²) in [6.07, 6.45) is 0. The third kappa shape index (κ3) is 4.45. The van der Waals surface area contributed by atoms with E-state index in [2.05, 4.69) is 10.6 Å². The normalized spacial score (nSPS) is 19.6. The lowest BCUT2D eigenvalue weighted by molar-refractivity contribution is -0.151. The maximum Gasteiger partial charge on any atom is 0.326 e. The van der Waals surface area contributed by atoms with Crippen molar-refractivity contribution in [3.63, 3.8) is 0 Å². The molecule has 3 rings (SSSR count). The van der Waals surface area contributed by atoms with E-state index in [0.717, 1.165) is 9.78 Å². The second-order valence-electron chi connectivity index (χ2n) is 6.78. The summed E-state index contributed by atoms with van der Waals surface area (Å²) in [7, 11) is 0. The van der Waals surface area contributed by atoms with Crippen molar-refractivity contribution < 1.29 is 23.9 Å². The number of urea groups is 1. The minimum absolute atomic E-state index is 0.210. The molecule has 2 atom stereocenters. The van der Waals surface area contributed by atoms with Crippen LogP contribution in [0.25, 0.3) is 0 Å². The van der Waals surface area contributed by atoms with Gasteiger partial charge in [0, 0.05) is 4.88 Å². The van der Waals surface area contributed by atoms with E-state index in [0.29, 0.717) is 5.56 Å². The highest BCUT2D eigenvalue weighted by Gasteiger charge is 2.49. The topological polar surface area (TPSA) is 105 Å². The highest BCUT2D eigenvalue weighted by atomic mass is 32.1. The number of nitrogens with one attached hydrogen (secondary N) is 2. The molecule has 0 aliphatic carbocycles. The van der Waals surface area contributed by atoms with Gasteiger partial charge in [0.25, 0.3) is 11.8 Å². The fraction of sp³-hybridized carbons (Fsp3) is 0.300. The summed E-state index contributed by atoms with van der Waals surface area (Å²) in [5.41, 5.74) is -0.650. The molecule has 2 aromatic rings. The second-order valence-corrected chi connectivity index (χ2v) is 7.76. The van der Waals surface area contributed by atoms with Crippen molar-refractivity contribution in [2.24, 2.45) is 0 Å². The summed E-state index contributed by atoms with van der Waals surface area (Å²) in [4.78, 5) is 50.8. The van der Waals surface area contributed by atoms with E-state index in [-0.39, 0.29) is 6.04 Å². The molecule has 0 unspecified atom stereocenters. The fourth-order valence-electron chi connectivity index (χ4n) is 3.02. The molecular formula is C20H21N3O5S. The standard InChI is InChI=1S/C20H21N3O5S/c1-13(15-9-6-10-29-15)21-16(24)12-28-17(25)11-23-18(26)20(2,22-19(23)27)14-7-4-3-5-8-14/h3-10,13H,11-12H2,1-2H3,(H,21,24)(H,22,27)/t13-,20-/m1/s1. The number of carbonyl (C=O) groups excluding carboxylic acids is 4. The Morgan fingerprint density at radius 1 is 1.21 bits per heavy atom. The van der Waals surface area contributed by atoms with Crippen molar-refractivity contribution in [1.82, 2.24) is 15.5 Å². The van der Waals surface area contributed by atoms with E-state index < -0.39 is 42.5 Å². The fourth-order valence-corrected chi connectivity index (χ4v) is 3.75. The first-order chi connectivity index (χ1) is 13.8. The van der Waals surface area contributed by atoms with Gasteiger partial charge in [0.2, 0.25) is 0 Å². The van der Waals surface area contributed by atoms with Crippen LogP contribution >= 0.6 is 11.3 Å². The Balaban J connectivity index is 1.53. The molecule has 0 bridgehead atoms. The molecule has 9 heteroatoms. The molecule has 0 radical (unpaired) electrons. The van der Waals surface area contributed by atoms with Crippen LogP contribution in [0.2, 0.25) is 0 Å². The minimum Gasteiger partial charge on any atom is -0.454 e. The number of thiophene rings is 1. The van der Waals surface area contributed by atoms with Crippen molar-refractivity contribution in [1.29, 1.82) is 0 Å². The molecule has 1 aromatic heterocycles. The average molecular weight is 415 g/mol. The first kappa shape index (κ1) is 20.5. The molecule has 0 saturated carbocycles. The van der Waals surface area contributed by atoms with Crippen LogP contribution in [-0.4, -0.2) is 41.9 Å². The zero-order chi connectivity index (χ0) is 21.0. The van der Waals surface area contributed by atoms with Gasteiger partial charge < -0.3 is 15.4 Å². The quantitative estimate of drug-likeness (QED) is 0.531. The highest BCUT2D eigenvalue weighted by Crippen LogP contribution is 2.28. The molecule has 152 valence electrons. The van der Waals surface area contributed by atoms with Gasteiger partial charge in [-0.3, -0.25) is 19.3 Å². The average Bonchev–Trinajstić information content (AvgIpc) is 3.31. The number of hydrogen-bond donors (Lipinski definition) is 2. The predicted molar refractivity (Wildman–Crippen MR) is 106 cm³/mol. The molecule has 1 aliphatic rings. The Hall–Kier alpha value is -3.20. The molecule has 1 saturated heterocycles. The molecule has 1 aromatic carbocycles. The number of amides is 4. The Morgan fingerprint density at radius 2 is 1.93 bits per heavy atom. The summed E-state index contributed by atoms with van der Waals surface area (Å²) in [5.74, 6) is -1.86. The summed E-state index contributed by atoms with van der Waals surface area (Å²) >= 11 is 1.51. The van der Waals surface area contributed by atoms with Crippen molar-refractivity contribution >= 4 is 35.2 Å². The summed E-state index contributed by atoms with van der Waals surface area (Å²) in [5, 5.41) is 7.23. The van der Waals surface area contributed by atoms with Crippen LogP contribution in [0.1, 0.15) is 30.3 Å². The second kappa shape index (κ2) is 8.44. The van der Waals surface area contributed by atoms with Crippen LogP contribution in [0, 0.1) is 0 Å². The lowest BCUT2D eigenvalue weighted by Gasteiger charge is -2.21. The maximum atomic E-state index is 12.7. The number of hydrogen-bond acceptors (Lipinski definition) is 6. The molecule has 2 heterocycles. The van der Waals surface area contributed by atoms with Crippen molar-refractivity contribution in [3.05, 3.63) is 58.3 Å². The van der Waals surface area contributed by atoms with Gasteiger partial charge in [-0.1, -0.05) is 36.4 Å². The van der Waals surface area contributed by atoms with Crippen LogP contribution in [0.5, 0.6) is 0 Å². The zero-order valence-electron chi connectivity index (χ0n) is 16.0. The Kier molecular flexibility index (Phi) is 5.97. The Morgan fingerprint density at radius 3 is 2.59 bits per heavy atom. The van der Waals surface area contributed by atoms with E-state index in [1.54, 1.807) is 37.3 Å². The van der Waals surface area contributed by atoms with Crippen molar-refractivity contribution in [2.75, 3.05) is 13.2 Å². The van der Waals surface area contributed by atoms with Crippen LogP contribution in [-0.2, 0) is 24.7 Å². The number of carbonyl (C=O) groups is 4. The minimum atomic E-state index is -1.26. The molecule has 4 amide bonds. The van der Waals surface area contributed by atoms with Crippen molar-refractivity contribution in [2.45, 2.75) is 25.4 Å². The Labute approximate surface area is 171 Å². The molecule has 1 fully saturated rings. The number of nitrogens with zero attached hydrogens (tertiary/aromatic N) is 1. The summed E-state index contributed by atoms with van der Waals surface area (Å²) in [6.45, 7) is 2.34. The third-order valence-electron chi connectivity index (χ3n) is 4.63.